The predicted octanol–water partition coefficient (Wildman–Crippen LogP) is 1.16. The SMILES string of the molecule is CN[C@H]1CCCN(C(=O)c2ccc(C)n2C)C1. The summed E-state index contributed by atoms with van der Waals surface area (Å²) in [6.07, 6.45) is 2.24. The van der Waals surface area contributed by atoms with Crippen molar-refractivity contribution in [3.8, 4) is 0 Å². The molecule has 1 saturated heterocycles. The normalized spacial score (nSPS) is 20.6. The molecular formula is C13H21N3O. The highest BCUT2D eigenvalue weighted by Gasteiger charge is 2.24. The lowest BCUT2D eigenvalue weighted by atomic mass is 10.1. The lowest BCUT2D eigenvalue weighted by Crippen LogP contribution is -2.47. The maximum atomic E-state index is 12.4. The number of aryl methyl sites for hydroxylation is 1. The molecule has 4 nitrogen and oxygen atoms in total. The molecule has 0 aromatic carbocycles. The van der Waals surface area contributed by atoms with Gasteiger partial charge in [0.05, 0.1) is 0 Å². The van der Waals surface area contributed by atoms with Crippen LogP contribution in [-0.2, 0) is 7.05 Å². The van der Waals surface area contributed by atoms with Gasteiger partial charge in [0.15, 0.2) is 0 Å². The van der Waals surface area contributed by atoms with Crippen molar-refractivity contribution in [3.63, 3.8) is 0 Å². The van der Waals surface area contributed by atoms with Crippen molar-refractivity contribution in [2.45, 2.75) is 25.8 Å². The molecule has 0 bridgehead atoms. The van der Waals surface area contributed by atoms with Crippen LogP contribution in [0.25, 0.3) is 0 Å². The molecule has 17 heavy (non-hydrogen) atoms. The van der Waals surface area contributed by atoms with Crippen LogP contribution in [0.3, 0.4) is 0 Å². The van der Waals surface area contributed by atoms with E-state index in [2.05, 4.69) is 5.32 Å². The number of piperidine rings is 1. The van der Waals surface area contributed by atoms with Gasteiger partial charge in [0.25, 0.3) is 5.91 Å². The standard InChI is InChI=1S/C13H21N3O/c1-10-6-7-12(15(10)3)13(17)16-8-4-5-11(9-16)14-2/h6-7,11,14H,4-5,8-9H2,1-3H3/t11-/m0/s1. The van der Waals surface area contributed by atoms with E-state index in [0.717, 1.165) is 37.3 Å². The van der Waals surface area contributed by atoms with Gasteiger partial charge in [-0.25, -0.2) is 0 Å². The van der Waals surface area contributed by atoms with Gasteiger partial charge in [-0.15, -0.1) is 0 Å². The van der Waals surface area contributed by atoms with Gasteiger partial charge in [-0.3, -0.25) is 4.79 Å². The van der Waals surface area contributed by atoms with E-state index in [-0.39, 0.29) is 5.91 Å². The zero-order chi connectivity index (χ0) is 12.4. The molecule has 1 N–H and O–H groups in total. The second kappa shape index (κ2) is 4.92. The molecule has 0 saturated carbocycles. The summed E-state index contributed by atoms with van der Waals surface area (Å²) in [5, 5.41) is 3.26. The maximum absolute atomic E-state index is 12.4. The van der Waals surface area contributed by atoms with E-state index in [0.29, 0.717) is 6.04 Å². The number of nitrogens with zero attached hydrogens (tertiary/aromatic N) is 2. The zero-order valence-corrected chi connectivity index (χ0v) is 10.9. The molecule has 1 atom stereocenters. The van der Waals surface area contributed by atoms with Gasteiger partial charge in [-0.05, 0) is 38.9 Å². The van der Waals surface area contributed by atoms with Crippen LogP contribution >= 0.6 is 0 Å². The summed E-state index contributed by atoms with van der Waals surface area (Å²) in [6, 6.07) is 4.35. The number of likely N-dealkylation sites (N-methyl/N-ethyl adjacent to an activating group) is 1. The Labute approximate surface area is 103 Å². The number of carbonyl (C=O) groups excluding carboxylic acids is 1. The van der Waals surface area contributed by atoms with Crippen molar-refractivity contribution in [2.24, 2.45) is 7.05 Å². The Morgan fingerprint density at radius 3 is 2.82 bits per heavy atom. The molecule has 2 heterocycles. The number of carbonyl (C=O) groups is 1. The van der Waals surface area contributed by atoms with Crippen molar-refractivity contribution in [2.75, 3.05) is 20.1 Å². The van der Waals surface area contributed by atoms with Crippen LogP contribution in [0.2, 0.25) is 0 Å². The fraction of sp³-hybridized carbons (Fsp3) is 0.615. The average Bonchev–Trinajstić information content (AvgIpc) is 2.69. The number of hydrogen-bond donors (Lipinski definition) is 1. The van der Waals surface area contributed by atoms with Crippen LogP contribution < -0.4 is 5.32 Å². The monoisotopic (exact) mass is 235 g/mol. The smallest absolute Gasteiger partial charge is 0.270 e. The topological polar surface area (TPSA) is 37.3 Å². The van der Waals surface area contributed by atoms with Gasteiger partial charge < -0.3 is 14.8 Å². The Morgan fingerprint density at radius 1 is 1.47 bits per heavy atom. The molecule has 0 unspecified atom stereocenters. The maximum Gasteiger partial charge on any atom is 0.270 e. The summed E-state index contributed by atoms with van der Waals surface area (Å²) in [5.41, 5.74) is 1.91. The molecule has 1 aliphatic heterocycles. The van der Waals surface area contributed by atoms with Crippen LogP contribution in [0, 0.1) is 6.92 Å². The number of amides is 1. The Kier molecular flexibility index (Phi) is 3.52. The first-order valence-corrected chi connectivity index (χ1v) is 6.22. The molecule has 1 fully saturated rings. The number of hydrogen-bond acceptors (Lipinski definition) is 2. The molecule has 94 valence electrons. The summed E-state index contributed by atoms with van der Waals surface area (Å²) in [4.78, 5) is 14.3. The number of rotatable bonds is 2. The van der Waals surface area contributed by atoms with Crippen molar-refractivity contribution >= 4 is 5.91 Å². The van der Waals surface area contributed by atoms with E-state index in [9.17, 15) is 4.79 Å². The fourth-order valence-electron chi connectivity index (χ4n) is 2.39. The lowest BCUT2D eigenvalue weighted by Gasteiger charge is -2.32. The number of aromatic nitrogens is 1. The Bertz CT molecular complexity index is 411. The minimum Gasteiger partial charge on any atom is -0.344 e. The average molecular weight is 235 g/mol. The summed E-state index contributed by atoms with van der Waals surface area (Å²) in [5.74, 6) is 0.153. The summed E-state index contributed by atoms with van der Waals surface area (Å²) < 4.78 is 1.96. The molecular weight excluding hydrogens is 214 g/mol. The number of nitrogens with one attached hydrogen (secondary N) is 1. The van der Waals surface area contributed by atoms with E-state index >= 15 is 0 Å². The van der Waals surface area contributed by atoms with E-state index in [4.69, 9.17) is 0 Å². The van der Waals surface area contributed by atoms with Gasteiger partial charge in [-0.2, -0.15) is 0 Å². The van der Waals surface area contributed by atoms with E-state index < -0.39 is 0 Å². The minimum atomic E-state index is 0.153. The minimum absolute atomic E-state index is 0.153. The van der Waals surface area contributed by atoms with Gasteiger partial charge in [0, 0.05) is 31.9 Å². The first-order valence-electron chi connectivity index (χ1n) is 6.22. The van der Waals surface area contributed by atoms with Crippen LogP contribution in [0.4, 0.5) is 0 Å². The van der Waals surface area contributed by atoms with Gasteiger partial charge in [0.2, 0.25) is 0 Å². The van der Waals surface area contributed by atoms with E-state index in [1.807, 2.05) is 42.6 Å². The van der Waals surface area contributed by atoms with Crippen molar-refractivity contribution < 1.29 is 4.79 Å². The Balaban J connectivity index is 2.12. The third-order valence-electron chi connectivity index (χ3n) is 3.71. The fourth-order valence-corrected chi connectivity index (χ4v) is 2.39. The molecule has 4 heteroatoms. The summed E-state index contributed by atoms with van der Waals surface area (Å²) >= 11 is 0. The lowest BCUT2D eigenvalue weighted by molar-refractivity contribution is 0.0688. The highest BCUT2D eigenvalue weighted by molar-refractivity contribution is 5.93. The molecule has 1 aliphatic rings. The summed E-state index contributed by atoms with van der Waals surface area (Å²) in [6.45, 7) is 3.71. The zero-order valence-electron chi connectivity index (χ0n) is 10.9. The third-order valence-corrected chi connectivity index (χ3v) is 3.71. The second-order valence-electron chi connectivity index (χ2n) is 4.80. The molecule has 0 radical (unpaired) electrons. The first-order chi connectivity index (χ1) is 8.13. The van der Waals surface area contributed by atoms with Crippen LogP contribution in [-0.4, -0.2) is 41.6 Å². The van der Waals surface area contributed by atoms with Crippen LogP contribution in [0.15, 0.2) is 12.1 Å². The Hall–Kier alpha value is -1.29. The molecule has 2 rings (SSSR count). The third kappa shape index (κ3) is 2.36. The van der Waals surface area contributed by atoms with Crippen molar-refractivity contribution in [1.29, 1.82) is 0 Å². The number of likely N-dealkylation sites (tertiary alicyclic amines) is 1. The molecule has 1 aromatic rings. The second-order valence-corrected chi connectivity index (χ2v) is 4.80. The van der Waals surface area contributed by atoms with Gasteiger partial charge >= 0.3 is 0 Å². The molecule has 0 spiro atoms. The largest absolute Gasteiger partial charge is 0.344 e. The van der Waals surface area contributed by atoms with E-state index in [1.165, 1.54) is 0 Å². The predicted molar refractivity (Wildman–Crippen MR) is 68.1 cm³/mol. The van der Waals surface area contributed by atoms with Gasteiger partial charge in [-0.1, -0.05) is 0 Å². The van der Waals surface area contributed by atoms with Crippen molar-refractivity contribution in [3.05, 3.63) is 23.5 Å². The quantitative estimate of drug-likeness (QED) is 0.835. The van der Waals surface area contributed by atoms with Gasteiger partial charge in [0.1, 0.15) is 5.69 Å². The highest BCUT2D eigenvalue weighted by atomic mass is 16.2. The Morgan fingerprint density at radius 2 is 2.24 bits per heavy atom. The van der Waals surface area contributed by atoms with Crippen molar-refractivity contribution in [1.82, 2.24) is 14.8 Å². The first kappa shape index (κ1) is 12.2. The molecule has 1 aromatic heterocycles. The highest BCUT2D eigenvalue weighted by Crippen LogP contribution is 2.15. The van der Waals surface area contributed by atoms with Crippen LogP contribution in [0.1, 0.15) is 29.0 Å². The molecule has 0 aliphatic carbocycles. The van der Waals surface area contributed by atoms with E-state index in [1.54, 1.807) is 0 Å². The van der Waals surface area contributed by atoms with Crippen LogP contribution in [0.5, 0.6) is 0 Å². The summed E-state index contributed by atoms with van der Waals surface area (Å²) in [7, 11) is 3.91. The molecule has 1 amide bonds.